The Hall–Kier alpha value is -6.21. The fourth-order valence-corrected chi connectivity index (χ4v) is 8.62. The number of nitrogens with one attached hydrogen (secondary N) is 1. The first-order valence-electron chi connectivity index (χ1n) is 17.1. The highest BCUT2D eigenvalue weighted by atomic mass is 32.1. The van der Waals surface area contributed by atoms with E-state index in [2.05, 4.69) is 96.3 Å². The summed E-state index contributed by atoms with van der Waals surface area (Å²) in [5, 5.41) is 10.5. The Balaban J connectivity index is 1.05. The zero-order valence-electron chi connectivity index (χ0n) is 27.5. The molecule has 7 aromatic carbocycles. The fraction of sp³-hybridized carbons (Fsp3) is 0.0444. The molecule has 0 aliphatic carbocycles. The molecule has 10 rings (SSSR count). The van der Waals surface area contributed by atoms with E-state index in [-0.39, 0.29) is 6.17 Å². The summed E-state index contributed by atoms with van der Waals surface area (Å²) >= 11 is 1.83. The molecule has 0 spiro atoms. The van der Waals surface area contributed by atoms with Crippen molar-refractivity contribution in [3.8, 4) is 11.1 Å². The van der Waals surface area contributed by atoms with Gasteiger partial charge >= 0.3 is 0 Å². The van der Waals surface area contributed by atoms with Crippen LogP contribution in [0.3, 0.4) is 0 Å². The van der Waals surface area contributed by atoms with Crippen molar-refractivity contribution in [1.29, 1.82) is 0 Å². The number of nitrogens with two attached hydrogens (primary N) is 1. The lowest BCUT2D eigenvalue weighted by Gasteiger charge is -2.17. The number of nitrogens with zero attached hydrogens (tertiary/aromatic N) is 1. The van der Waals surface area contributed by atoms with Crippen LogP contribution in [0.25, 0.3) is 75.2 Å². The maximum atomic E-state index is 6.88. The number of benzene rings is 7. The molecule has 0 amide bonds. The first kappa shape index (κ1) is 29.7. The standard InChI is InChI=1S/C45H31N3O2S/c46-44(48-45(27-11-2-1-3-12-27)47-26-29-13-8-19-35-31-15-5-7-22-40(31)51-43(29)35)28-23-24-38-36(25-28)41-32(16-10-21-39(41)49-38)34-18-9-17-33-30-14-4-6-20-37(30)50-42(33)34/h1-25,45,47H,26H2,(H2,46,48). The minimum Gasteiger partial charge on any atom is -0.456 e. The summed E-state index contributed by atoms with van der Waals surface area (Å²) < 4.78 is 15.4. The monoisotopic (exact) mass is 677 g/mol. The molecule has 0 aliphatic rings. The molecule has 51 heavy (non-hydrogen) atoms. The smallest absolute Gasteiger partial charge is 0.143 e. The number of para-hydroxylation sites is 2. The van der Waals surface area contributed by atoms with Crippen molar-refractivity contribution in [3.05, 3.63) is 168 Å². The molecule has 3 N–H and O–H groups in total. The van der Waals surface area contributed by atoms with Gasteiger partial charge in [0.15, 0.2) is 0 Å². The van der Waals surface area contributed by atoms with Crippen LogP contribution in [0.15, 0.2) is 165 Å². The molecule has 0 fully saturated rings. The van der Waals surface area contributed by atoms with Crippen LogP contribution >= 0.6 is 11.3 Å². The molecule has 0 saturated carbocycles. The maximum absolute atomic E-state index is 6.88. The van der Waals surface area contributed by atoms with Gasteiger partial charge in [0.05, 0.1) is 0 Å². The highest BCUT2D eigenvalue weighted by Crippen LogP contribution is 2.42. The number of amidine groups is 1. The average molecular weight is 678 g/mol. The molecule has 1 atom stereocenters. The quantitative estimate of drug-likeness (QED) is 0.130. The topological polar surface area (TPSA) is 76.7 Å². The third-order valence-electron chi connectivity index (χ3n) is 9.84. The van der Waals surface area contributed by atoms with Crippen molar-refractivity contribution in [2.24, 2.45) is 10.7 Å². The molecule has 10 aromatic rings. The van der Waals surface area contributed by atoms with Crippen molar-refractivity contribution in [2.45, 2.75) is 12.7 Å². The van der Waals surface area contributed by atoms with E-state index in [0.717, 1.165) is 66.1 Å². The second-order valence-corrected chi connectivity index (χ2v) is 13.9. The third kappa shape index (κ3) is 4.99. The van der Waals surface area contributed by atoms with Gasteiger partial charge in [-0.05, 0) is 53.1 Å². The average Bonchev–Trinajstić information content (AvgIpc) is 3.88. The SMILES string of the molecule is NC(=NC(NCc1cccc2c1sc1ccccc12)c1ccccc1)c1ccc2oc3cccc(-c4cccc5c4oc4ccccc45)c3c2c1. The van der Waals surface area contributed by atoms with E-state index in [1.54, 1.807) is 0 Å². The van der Waals surface area contributed by atoms with E-state index in [1.165, 1.54) is 25.7 Å². The molecule has 6 heteroatoms. The Morgan fingerprint density at radius 3 is 2.24 bits per heavy atom. The highest BCUT2D eigenvalue weighted by molar-refractivity contribution is 7.26. The van der Waals surface area contributed by atoms with Crippen molar-refractivity contribution >= 4 is 81.2 Å². The molecular formula is C45H31N3O2S. The van der Waals surface area contributed by atoms with Crippen LogP contribution in [0.2, 0.25) is 0 Å². The summed E-state index contributed by atoms with van der Waals surface area (Å²) in [4.78, 5) is 5.11. The lowest BCUT2D eigenvalue weighted by atomic mass is 9.97. The summed E-state index contributed by atoms with van der Waals surface area (Å²) in [5.74, 6) is 0.449. The van der Waals surface area contributed by atoms with Gasteiger partial charge in [0.1, 0.15) is 34.3 Å². The Kier molecular flexibility index (Phi) is 6.98. The Morgan fingerprint density at radius 2 is 1.31 bits per heavy atom. The first-order valence-corrected chi connectivity index (χ1v) is 17.9. The van der Waals surface area contributed by atoms with E-state index in [0.29, 0.717) is 12.4 Å². The summed E-state index contributed by atoms with van der Waals surface area (Å²) in [6.07, 6.45) is -0.353. The van der Waals surface area contributed by atoms with E-state index in [4.69, 9.17) is 19.6 Å². The minimum absolute atomic E-state index is 0.353. The summed E-state index contributed by atoms with van der Waals surface area (Å²) in [7, 11) is 0. The predicted octanol–water partition coefficient (Wildman–Crippen LogP) is 11.7. The summed E-state index contributed by atoms with van der Waals surface area (Å²) in [6.45, 7) is 0.641. The number of thiophene rings is 1. The number of hydrogen-bond donors (Lipinski definition) is 2. The zero-order chi connectivity index (χ0) is 33.9. The van der Waals surface area contributed by atoms with Crippen LogP contribution in [0.1, 0.15) is 22.9 Å². The van der Waals surface area contributed by atoms with Crippen LogP contribution in [0.5, 0.6) is 0 Å². The van der Waals surface area contributed by atoms with Gasteiger partial charge in [0.2, 0.25) is 0 Å². The van der Waals surface area contributed by atoms with Crippen molar-refractivity contribution in [2.75, 3.05) is 0 Å². The van der Waals surface area contributed by atoms with E-state index in [1.807, 2.05) is 72.0 Å². The fourth-order valence-electron chi connectivity index (χ4n) is 7.41. The van der Waals surface area contributed by atoms with Crippen LogP contribution in [-0.2, 0) is 6.54 Å². The van der Waals surface area contributed by atoms with Gasteiger partial charge in [-0.3, -0.25) is 5.32 Å². The number of aliphatic imine (C=N–C) groups is 1. The van der Waals surface area contributed by atoms with Gasteiger partial charge < -0.3 is 14.6 Å². The molecule has 0 aliphatic heterocycles. The normalized spacial score (nSPS) is 13.0. The highest BCUT2D eigenvalue weighted by Gasteiger charge is 2.19. The first-order chi connectivity index (χ1) is 25.2. The van der Waals surface area contributed by atoms with Crippen LogP contribution in [-0.4, -0.2) is 5.84 Å². The molecule has 0 radical (unpaired) electrons. The van der Waals surface area contributed by atoms with Gasteiger partial charge in [-0.1, -0.05) is 115 Å². The lowest BCUT2D eigenvalue weighted by Crippen LogP contribution is -2.24. The molecule has 1 unspecified atom stereocenters. The minimum atomic E-state index is -0.353. The Bertz CT molecular complexity index is 2950. The molecule has 3 aromatic heterocycles. The van der Waals surface area contributed by atoms with Crippen LogP contribution < -0.4 is 11.1 Å². The zero-order valence-corrected chi connectivity index (χ0v) is 28.3. The van der Waals surface area contributed by atoms with Gasteiger partial charge in [-0.2, -0.15) is 0 Å². The molecule has 3 heterocycles. The van der Waals surface area contributed by atoms with Gasteiger partial charge in [-0.15, -0.1) is 11.3 Å². The summed E-state index contributed by atoms with van der Waals surface area (Å²) in [5.41, 5.74) is 15.4. The Labute approximate surface area is 297 Å². The van der Waals surface area contributed by atoms with Gasteiger partial charge in [0, 0.05) is 59.4 Å². The second kappa shape index (κ2) is 12.0. The molecule has 0 saturated heterocycles. The van der Waals surface area contributed by atoms with Gasteiger partial charge in [-0.25, -0.2) is 4.99 Å². The largest absolute Gasteiger partial charge is 0.456 e. The van der Waals surface area contributed by atoms with Crippen molar-refractivity contribution < 1.29 is 8.83 Å². The molecule has 244 valence electrons. The number of hydrogen-bond acceptors (Lipinski definition) is 5. The number of rotatable bonds is 7. The van der Waals surface area contributed by atoms with Crippen molar-refractivity contribution in [3.63, 3.8) is 0 Å². The number of furan rings is 2. The second-order valence-electron chi connectivity index (χ2n) is 12.9. The van der Waals surface area contributed by atoms with Crippen LogP contribution in [0.4, 0.5) is 0 Å². The van der Waals surface area contributed by atoms with E-state index >= 15 is 0 Å². The number of fused-ring (bicyclic) bond motifs is 9. The maximum Gasteiger partial charge on any atom is 0.143 e. The van der Waals surface area contributed by atoms with Crippen molar-refractivity contribution in [1.82, 2.24) is 5.32 Å². The van der Waals surface area contributed by atoms with E-state index in [9.17, 15) is 0 Å². The predicted molar refractivity (Wildman–Crippen MR) is 213 cm³/mol. The summed E-state index contributed by atoms with van der Waals surface area (Å²) in [6, 6.07) is 52.2. The van der Waals surface area contributed by atoms with E-state index < -0.39 is 0 Å². The third-order valence-corrected chi connectivity index (χ3v) is 11.1. The van der Waals surface area contributed by atoms with Crippen LogP contribution in [0, 0.1) is 0 Å². The van der Waals surface area contributed by atoms with Gasteiger partial charge in [0.25, 0.3) is 0 Å². The lowest BCUT2D eigenvalue weighted by molar-refractivity contribution is 0.556. The molecular weight excluding hydrogens is 647 g/mol. The Morgan fingerprint density at radius 1 is 0.608 bits per heavy atom. The molecule has 5 nitrogen and oxygen atoms in total. The molecule has 0 bridgehead atoms.